The monoisotopic (exact) mass is 383 g/mol. The topological polar surface area (TPSA) is 101 Å². The molecule has 8 nitrogen and oxygen atoms in total. The van der Waals surface area contributed by atoms with Crippen molar-refractivity contribution in [2.45, 2.75) is 65.3 Å². The lowest BCUT2D eigenvalue weighted by atomic mass is 10.1. The number of nitrogens with zero attached hydrogens (tertiary/aromatic N) is 5. The average Bonchev–Trinajstić information content (AvgIpc) is 3.14. The van der Waals surface area contributed by atoms with E-state index in [1.165, 1.54) is 0 Å². The standard InChI is InChI=1S/C20H29N7O/c1-5-15(16(28)6-2)24-20-25-18(22-11-14-8-7-9-21-10-14)17-19(26-20)27(12-23-17)13(3)4/h7-10,12-13,15-16,28H,5-6,11H2,1-4H3,(H2,22,24,25,26)/t15-,16+/m1/s1. The van der Waals surface area contributed by atoms with E-state index in [1.54, 1.807) is 12.5 Å². The Morgan fingerprint density at radius 1 is 1.18 bits per heavy atom. The number of aromatic nitrogens is 5. The van der Waals surface area contributed by atoms with Gasteiger partial charge in [0.05, 0.1) is 18.5 Å². The number of hydrogen-bond donors (Lipinski definition) is 3. The molecule has 3 N–H and O–H groups in total. The number of pyridine rings is 1. The molecule has 0 radical (unpaired) electrons. The van der Waals surface area contributed by atoms with Gasteiger partial charge < -0.3 is 20.3 Å². The van der Waals surface area contributed by atoms with Crippen LogP contribution in [0.4, 0.5) is 11.8 Å². The Labute approximate surface area is 165 Å². The highest BCUT2D eigenvalue weighted by molar-refractivity contribution is 5.84. The number of aliphatic hydroxyl groups is 1. The quantitative estimate of drug-likeness (QED) is 0.521. The van der Waals surface area contributed by atoms with Crippen LogP contribution in [-0.4, -0.2) is 41.8 Å². The van der Waals surface area contributed by atoms with E-state index < -0.39 is 6.10 Å². The largest absolute Gasteiger partial charge is 0.391 e. The van der Waals surface area contributed by atoms with Crippen LogP contribution in [0.1, 0.15) is 52.1 Å². The molecule has 8 heteroatoms. The lowest BCUT2D eigenvalue weighted by Crippen LogP contribution is -2.33. The van der Waals surface area contributed by atoms with Crippen LogP contribution in [0.3, 0.4) is 0 Å². The van der Waals surface area contributed by atoms with Crippen molar-refractivity contribution >= 4 is 22.9 Å². The summed E-state index contributed by atoms with van der Waals surface area (Å²) in [6.07, 6.45) is 6.36. The van der Waals surface area contributed by atoms with Gasteiger partial charge in [0.1, 0.15) is 0 Å². The van der Waals surface area contributed by atoms with E-state index in [0.29, 0.717) is 24.7 Å². The summed E-state index contributed by atoms with van der Waals surface area (Å²) in [5.74, 6) is 1.15. The van der Waals surface area contributed by atoms with Crippen molar-refractivity contribution in [1.29, 1.82) is 0 Å². The van der Waals surface area contributed by atoms with Crippen LogP contribution in [0.5, 0.6) is 0 Å². The summed E-state index contributed by atoms with van der Waals surface area (Å²) < 4.78 is 2.02. The molecule has 0 aliphatic rings. The lowest BCUT2D eigenvalue weighted by Gasteiger charge is -2.22. The van der Waals surface area contributed by atoms with Gasteiger partial charge in [-0.25, -0.2) is 4.98 Å². The lowest BCUT2D eigenvalue weighted by molar-refractivity contribution is 0.146. The zero-order chi connectivity index (χ0) is 20.1. The van der Waals surface area contributed by atoms with Crippen molar-refractivity contribution in [3.63, 3.8) is 0 Å². The van der Waals surface area contributed by atoms with Crippen LogP contribution < -0.4 is 10.6 Å². The molecule has 0 bridgehead atoms. The van der Waals surface area contributed by atoms with E-state index in [4.69, 9.17) is 4.98 Å². The van der Waals surface area contributed by atoms with Gasteiger partial charge in [0.2, 0.25) is 5.95 Å². The predicted octanol–water partition coefficient (Wildman–Crippen LogP) is 3.38. The molecular weight excluding hydrogens is 354 g/mol. The summed E-state index contributed by atoms with van der Waals surface area (Å²) in [5, 5.41) is 16.9. The second-order valence-corrected chi connectivity index (χ2v) is 7.16. The number of imidazole rings is 1. The first-order valence-corrected chi connectivity index (χ1v) is 9.85. The van der Waals surface area contributed by atoms with Gasteiger partial charge in [-0.15, -0.1) is 0 Å². The smallest absolute Gasteiger partial charge is 0.227 e. The molecule has 0 aliphatic heterocycles. The average molecular weight is 384 g/mol. The van der Waals surface area contributed by atoms with Crippen LogP contribution >= 0.6 is 0 Å². The fourth-order valence-electron chi connectivity index (χ4n) is 3.09. The van der Waals surface area contributed by atoms with E-state index in [1.807, 2.05) is 36.7 Å². The van der Waals surface area contributed by atoms with Crippen molar-refractivity contribution in [3.8, 4) is 0 Å². The fourth-order valence-corrected chi connectivity index (χ4v) is 3.09. The second-order valence-electron chi connectivity index (χ2n) is 7.16. The van der Waals surface area contributed by atoms with Gasteiger partial charge in [-0.1, -0.05) is 19.9 Å². The first-order chi connectivity index (χ1) is 13.5. The van der Waals surface area contributed by atoms with Crippen molar-refractivity contribution in [2.24, 2.45) is 0 Å². The highest BCUT2D eigenvalue weighted by atomic mass is 16.3. The molecule has 28 heavy (non-hydrogen) atoms. The van der Waals surface area contributed by atoms with Crippen LogP contribution in [0, 0.1) is 0 Å². The number of aliphatic hydroxyl groups excluding tert-OH is 1. The van der Waals surface area contributed by atoms with E-state index in [9.17, 15) is 5.11 Å². The molecule has 0 saturated heterocycles. The normalized spacial score (nSPS) is 13.6. The minimum absolute atomic E-state index is 0.107. The SMILES string of the molecule is CC[C@H](O)[C@@H](CC)Nc1nc(NCc2cccnc2)c2ncn(C(C)C)c2n1. The third-order valence-electron chi connectivity index (χ3n) is 4.80. The minimum atomic E-state index is -0.453. The summed E-state index contributed by atoms with van der Waals surface area (Å²) in [6, 6.07) is 4.03. The Morgan fingerprint density at radius 2 is 2.00 bits per heavy atom. The number of nitrogens with one attached hydrogen (secondary N) is 2. The van der Waals surface area contributed by atoms with Crippen molar-refractivity contribution in [1.82, 2.24) is 24.5 Å². The Bertz CT molecular complexity index is 894. The molecular formula is C20H29N7O. The number of hydrogen-bond acceptors (Lipinski definition) is 7. The maximum Gasteiger partial charge on any atom is 0.227 e. The van der Waals surface area contributed by atoms with Gasteiger partial charge in [-0.3, -0.25) is 4.98 Å². The summed E-state index contributed by atoms with van der Waals surface area (Å²) >= 11 is 0. The molecule has 3 rings (SSSR count). The van der Waals surface area contributed by atoms with Crippen LogP contribution in [0.15, 0.2) is 30.9 Å². The third kappa shape index (κ3) is 4.39. The highest BCUT2D eigenvalue weighted by Crippen LogP contribution is 2.24. The fraction of sp³-hybridized carbons (Fsp3) is 0.500. The third-order valence-corrected chi connectivity index (χ3v) is 4.80. The van der Waals surface area contributed by atoms with Crippen molar-refractivity contribution in [2.75, 3.05) is 10.6 Å². The van der Waals surface area contributed by atoms with Crippen LogP contribution in [0.25, 0.3) is 11.2 Å². The van der Waals surface area contributed by atoms with Gasteiger partial charge in [-0.2, -0.15) is 9.97 Å². The van der Waals surface area contributed by atoms with Crippen molar-refractivity contribution < 1.29 is 5.11 Å². The van der Waals surface area contributed by atoms with E-state index >= 15 is 0 Å². The maximum absolute atomic E-state index is 10.3. The van der Waals surface area contributed by atoms with Crippen LogP contribution in [0.2, 0.25) is 0 Å². The van der Waals surface area contributed by atoms with Gasteiger partial charge in [-0.05, 0) is 38.3 Å². The molecule has 0 aliphatic carbocycles. The number of rotatable bonds is 9. The summed E-state index contributed by atoms with van der Waals surface area (Å²) in [6.45, 7) is 8.77. The highest BCUT2D eigenvalue weighted by Gasteiger charge is 2.19. The van der Waals surface area contributed by atoms with Gasteiger partial charge in [0.25, 0.3) is 0 Å². The van der Waals surface area contributed by atoms with Gasteiger partial charge >= 0.3 is 0 Å². The molecule has 150 valence electrons. The van der Waals surface area contributed by atoms with Gasteiger partial charge in [0, 0.05) is 25.0 Å². The molecule has 0 spiro atoms. The van der Waals surface area contributed by atoms with Gasteiger partial charge in [0.15, 0.2) is 17.0 Å². The molecule has 2 atom stereocenters. The van der Waals surface area contributed by atoms with E-state index in [2.05, 4.69) is 39.4 Å². The predicted molar refractivity (Wildman–Crippen MR) is 111 cm³/mol. The number of anilines is 2. The molecule has 0 aromatic carbocycles. The molecule has 3 aromatic rings. The molecule has 0 fully saturated rings. The molecule has 0 saturated carbocycles. The Balaban J connectivity index is 1.95. The Morgan fingerprint density at radius 3 is 2.64 bits per heavy atom. The molecule has 3 aromatic heterocycles. The van der Waals surface area contributed by atoms with Crippen LogP contribution in [-0.2, 0) is 6.54 Å². The van der Waals surface area contributed by atoms with Crippen molar-refractivity contribution in [3.05, 3.63) is 36.4 Å². The Hall–Kier alpha value is -2.74. The zero-order valence-corrected chi connectivity index (χ0v) is 16.9. The first kappa shape index (κ1) is 20.0. The summed E-state index contributed by atoms with van der Waals surface area (Å²) in [5.41, 5.74) is 2.55. The molecule has 0 unspecified atom stereocenters. The maximum atomic E-state index is 10.3. The summed E-state index contributed by atoms with van der Waals surface area (Å²) in [4.78, 5) is 18.0. The molecule has 3 heterocycles. The van der Waals surface area contributed by atoms with E-state index in [0.717, 1.165) is 23.1 Å². The first-order valence-electron chi connectivity index (χ1n) is 9.85. The van der Waals surface area contributed by atoms with E-state index in [-0.39, 0.29) is 12.1 Å². The number of fused-ring (bicyclic) bond motifs is 1. The minimum Gasteiger partial charge on any atom is -0.391 e. The zero-order valence-electron chi connectivity index (χ0n) is 16.9. The molecule has 0 amide bonds. The second kappa shape index (κ2) is 8.97. The Kier molecular flexibility index (Phi) is 6.41. The summed E-state index contributed by atoms with van der Waals surface area (Å²) in [7, 11) is 0.